The first kappa shape index (κ1) is 14.4. The minimum absolute atomic E-state index is 0.516. The van der Waals surface area contributed by atoms with Crippen molar-refractivity contribution in [3.8, 4) is 5.69 Å². The summed E-state index contributed by atoms with van der Waals surface area (Å²) in [6.07, 6.45) is 2.54. The summed E-state index contributed by atoms with van der Waals surface area (Å²) in [5.74, 6) is 1.42. The molecule has 0 fully saturated rings. The van der Waals surface area contributed by atoms with Gasteiger partial charge in [-0.3, -0.25) is 4.57 Å². The first-order chi connectivity index (χ1) is 10.1. The van der Waals surface area contributed by atoms with E-state index in [-0.39, 0.29) is 0 Å². The van der Waals surface area contributed by atoms with Crippen LogP contribution in [0.5, 0.6) is 0 Å². The highest BCUT2D eigenvalue weighted by atomic mass is 35.5. The third-order valence-electron chi connectivity index (χ3n) is 3.50. The maximum absolute atomic E-state index is 6.26. The summed E-state index contributed by atoms with van der Waals surface area (Å²) in [7, 11) is 0. The fourth-order valence-corrected chi connectivity index (χ4v) is 2.79. The summed E-state index contributed by atoms with van der Waals surface area (Å²) in [5.41, 5.74) is 4.83. The lowest BCUT2D eigenvalue weighted by molar-refractivity contribution is 0.900. The predicted octanol–water partition coefficient (Wildman–Crippen LogP) is 4.47. The standard InChI is InChI=1S/C16H15Cl2N3/c1-10-8-13-16(19-9-10)21(15(20-13)6-7-17)14-5-3-4-12(18)11(14)2/h3-5,8-9H,6-7H2,1-2H3. The Balaban J connectivity index is 2.33. The third-order valence-corrected chi connectivity index (χ3v) is 4.10. The molecule has 0 bridgehead atoms. The van der Waals surface area contributed by atoms with Crippen molar-refractivity contribution >= 4 is 34.4 Å². The van der Waals surface area contributed by atoms with E-state index in [4.69, 9.17) is 23.2 Å². The van der Waals surface area contributed by atoms with Gasteiger partial charge in [0.2, 0.25) is 0 Å². The van der Waals surface area contributed by atoms with Crippen LogP contribution in [0.15, 0.2) is 30.5 Å². The van der Waals surface area contributed by atoms with Crippen molar-refractivity contribution in [3.05, 3.63) is 52.4 Å². The normalized spacial score (nSPS) is 11.2. The molecule has 3 nitrogen and oxygen atoms in total. The van der Waals surface area contributed by atoms with E-state index in [1.54, 1.807) is 0 Å². The maximum atomic E-state index is 6.26. The average Bonchev–Trinajstić information content (AvgIpc) is 2.79. The molecule has 0 saturated carbocycles. The second-order valence-corrected chi connectivity index (χ2v) is 5.83. The first-order valence-electron chi connectivity index (χ1n) is 6.77. The van der Waals surface area contributed by atoms with Gasteiger partial charge < -0.3 is 0 Å². The van der Waals surface area contributed by atoms with E-state index in [9.17, 15) is 0 Å². The molecule has 2 aromatic heterocycles. The number of aryl methyl sites for hydroxylation is 2. The molecule has 0 unspecified atom stereocenters. The van der Waals surface area contributed by atoms with Crippen molar-refractivity contribution < 1.29 is 0 Å². The van der Waals surface area contributed by atoms with Crippen molar-refractivity contribution in [2.75, 3.05) is 5.88 Å². The van der Waals surface area contributed by atoms with Crippen LogP contribution in [0.1, 0.15) is 17.0 Å². The number of aromatic nitrogens is 3. The van der Waals surface area contributed by atoms with Gasteiger partial charge in [-0.05, 0) is 43.2 Å². The van der Waals surface area contributed by atoms with Gasteiger partial charge in [-0.2, -0.15) is 0 Å². The lowest BCUT2D eigenvalue weighted by Gasteiger charge is -2.12. The van der Waals surface area contributed by atoms with Crippen molar-refractivity contribution in [3.63, 3.8) is 0 Å². The first-order valence-corrected chi connectivity index (χ1v) is 7.68. The Labute approximate surface area is 133 Å². The monoisotopic (exact) mass is 319 g/mol. The summed E-state index contributed by atoms with van der Waals surface area (Å²) >= 11 is 12.2. The molecule has 2 heterocycles. The molecule has 0 amide bonds. The van der Waals surface area contributed by atoms with Crippen LogP contribution in [0.3, 0.4) is 0 Å². The summed E-state index contributed by atoms with van der Waals surface area (Å²) in [6.45, 7) is 4.01. The molecule has 5 heteroatoms. The van der Waals surface area contributed by atoms with E-state index >= 15 is 0 Å². The fourth-order valence-electron chi connectivity index (χ4n) is 2.46. The van der Waals surface area contributed by atoms with Crippen LogP contribution in [0.2, 0.25) is 5.02 Å². The number of pyridine rings is 1. The van der Waals surface area contributed by atoms with Gasteiger partial charge in [-0.1, -0.05) is 17.7 Å². The lowest BCUT2D eigenvalue weighted by Crippen LogP contribution is -2.05. The van der Waals surface area contributed by atoms with Crippen LogP contribution in [0.25, 0.3) is 16.9 Å². The molecule has 1 aromatic carbocycles. The van der Waals surface area contributed by atoms with Crippen LogP contribution in [-0.2, 0) is 6.42 Å². The van der Waals surface area contributed by atoms with Crippen LogP contribution in [0.4, 0.5) is 0 Å². The second-order valence-electron chi connectivity index (χ2n) is 5.04. The summed E-state index contributed by atoms with van der Waals surface area (Å²) in [4.78, 5) is 9.23. The van der Waals surface area contributed by atoms with Crippen molar-refractivity contribution in [2.45, 2.75) is 20.3 Å². The summed E-state index contributed by atoms with van der Waals surface area (Å²) in [6, 6.07) is 7.89. The minimum atomic E-state index is 0.516. The zero-order valence-corrected chi connectivity index (χ0v) is 13.4. The Morgan fingerprint density at radius 2 is 2.05 bits per heavy atom. The highest BCUT2D eigenvalue weighted by Gasteiger charge is 2.15. The molecule has 0 aliphatic heterocycles. The average molecular weight is 320 g/mol. The molecule has 21 heavy (non-hydrogen) atoms. The predicted molar refractivity (Wildman–Crippen MR) is 87.8 cm³/mol. The van der Waals surface area contributed by atoms with Crippen LogP contribution in [0, 0.1) is 13.8 Å². The molecule has 0 aliphatic carbocycles. The fraction of sp³-hybridized carbons (Fsp3) is 0.250. The molecule has 3 rings (SSSR count). The van der Waals surface area contributed by atoms with Crippen LogP contribution >= 0.6 is 23.2 Å². The molecule has 0 saturated heterocycles. The smallest absolute Gasteiger partial charge is 0.164 e. The van der Waals surface area contributed by atoms with Gasteiger partial charge in [-0.15, -0.1) is 11.6 Å². The van der Waals surface area contributed by atoms with Gasteiger partial charge in [-0.25, -0.2) is 9.97 Å². The topological polar surface area (TPSA) is 30.7 Å². The van der Waals surface area contributed by atoms with Crippen molar-refractivity contribution in [1.29, 1.82) is 0 Å². The molecule has 3 aromatic rings. The zero-order valence-electron chi connectivity index (χ0n) is 11.9. The highest BCUT2D eigenvalue weighted by Crippen LogP contribution is 2.27. The van der Waals surface area contributed by atoms with Gasteiger partial charge in [0.15, 0.2) is 5.65 Å². The second kappa shape index (κ2) is 5.66. The Morgan fingerprint density at radius 3 is 2.81 bits per heavy atom. The third kappa shape index (κ3) is 2.52. The maximum Gasteiger partial charge on any atom is 0.164 e. The van der Waals surface area contributed by atoms with E-state index in [1.165, 1.54) is 0 Å². The number of rotatable bonds is 3. The number of nitrogens with zero attached hydrogens (tertiary/aromatic N) is 3. The lowest BCUT2D eigenvalue weighted by atomic mass is 10.2. The summed E-state index contributed by atoms with van der Waals surface area (Å²) < 4.78 is 2.05. The quantitative estimate of drug-likeness (QED) is 0.667. The number of imidazole rings is 1. The number of hydrogen-bond acceptors (Lipinski definition) is 2. The molecule has 108 valence electrons. The molecule has 0 atom stereocenters. The number of halogens is 2. The number of benzene rings is 1. The van der Waals surface area contributed by atoms with Crippen molar-refractivity contribution in [2.24, 2.45) is 0 Å². The number of fused-ring (bicyclic) bond motifs is 1. The minimum Gasteiger partial charge on any atom is -0.280 e. The molecular weight excluding hydrogens is 305 g/mol. The molecule has 0 radical (unpaired) electrons. The van der Waals surface area contributed by atoms with Gasteiger partial charge in [0.05, 0.1) is 5.69 Å². The molecule has 0 aliphatic rings. The number of hydrogen-bond donors (Lipinski definition) is 0. The Bertz CT molecular complexity index is 809. The van der Waals surface area contributed by atoms with Crippen molar-refractivity contribution in [1.82, 2.24) is 14.5 Å². The SMILES string of the molecule is Cc1cnc2c(c1)nc(CCCl)n2-c1cccc(Cl)c1C. The number of alkyl halides is 1. The van der Waals surface area contributed by atoms with Gasteiger partial charge >= 0.3 is 0 Å². The van der Waals surface area contributed by atoms with Gasteiger partial charge in [0, 0.05) is 23.5 Å². The Morgan fingerprint density at radius 1 is 1.24 bits per heavy atom. The Kier molecular flexibility index (Phi) is 3.87. The van der Waals surface area contributed by atoms with Crippen LogP contribution in [-0.4, -0.2) is 20.4 Å². The largest absolute Gasteiger partial charge is 0.280 e. The highest BCUT2D eigenvalue weighted by molar-refractivity contribution is 6.31. The summed E-state index contributed by atoms with van der Waals surface area (Å²) in [5, 5.41) is 0.735. The molecule has 0 spiro atoms. The molecular formula is C16H15Cl2N3. The van der Waals surface area contributed by atoms with E-state index in [2.05, 4.69) is 14.5 Å². The van der Waals surface area contributed by atoms with E-state index < -0.39 is 0 Å². The van der Waals surface area contributed by atoms with Crippen LogP contribution < -0.4 is 0 Å². The van der Waals surface area contributed by atoms with Gasteiger partial charge in [0.1, 0.15) is 11.3 Å². The zero-order chi connectivity index (χ0) is 15.0. The molecule has 0 N–H and O–H groups in total. The van der Waals surface area contributed by atoms with Gasteiger partial charge in [0.25, 0.3) is 0 Å². The van der Waals surface area contributed by atoms with E-state index in [1.807, 2.05) is 44.3 Å². The van der Waals surface area contributed by atoms with E-state index in [0.29, 0.717) is 12.3 Å². The van der Waals surface area contributed by atoms with E-state index in [0.717, 1.165) is 38.8 Å². The Hall–Kier alpha value is -1.58.